The Balaban J connectivity index is 2.22. The van der Waals surface area contributed by atoms with Crippen LogP contribution in [0, 0.1) is 0 Å². The number of amides is 2. The van der Waals surface area contributed by atoms with Crippen molar-refractivity contribution in [3.05, 3.63) is 23.8 Å². The van der Waals surface area contributed by atoms with Crippen LogP contribution in [0.1, 0.15) is 25.3 Å². The molecule has 1 fully saturated rings. The van der Waals surface area contributed by atoms with Crippen LogP contribution in [-0.2, 0) is 20.5 Å². The quantitative estimate of drug-likeness (QED) is 0.779. The van der Waals surface area contributed by atoms with E-state index in [4.69, 9.17) is 10.5 Å². The van der Waals surface area contributed by atoms with Gasteiger partial charge in [0.25, 0.3) is 5.91 Å². The summed E-state index contributed by atoms with van der Waals surface area (Å²) in [6.45, 7) is 1.49. The van der Waals surface area contributed by atoms with Gasteiger partial charge in [-0.15, -0.1) is 0 Å². The second kappa shape index (κ2) is 7.18. The average molecular weight is 345 g/mol. The Bertz CT molecular complexity index is 634. The second-order valence-corrected chi connectivity index (χ2v) is 5.49. The predicted octanol–water partition coefficient (Wildman–Crippen LogP) is 2.11. The third kappa shape index (κ3) is 4.45. The number of ether oxygens (including phenoxy) is 1. The molecule has 0 aromatic heterocycles. The molecule has 0 bridgehead atoms. The van der Waals surface area contributed by atoms with Crippen molar-refractivity contribution < 1.29 is 27.5 Å². The molecule has 0 unspecified atom stereocenters. The number of nitrogens with two attached hydrogens (primary N) is 1. The Kier molecular flexibility index (Phi) is 5.45. The average Bonchev–Trinajstić information content (AvgIpc) is 2.96. The lowest BCUT2D eigenvalue weighted by atomic mass is 10.1. The van der Waals surface area contributed by atoms with Crippen molar-refractivity contribution in [3.8, 4) is 0 Å². The molecule has 0 saturated carbocycles. The zero-order valence-electron chi connectivity index (χ0n) is 12.9. The Labute approximate surface area is 136 Å². The van der Waals surface area contributed by atoms with Crippen molar-refractivity contribution >= 4 is 23.2 Å². The molecule has 2 rings (SSSR count). The van der Waals surface area contributed by atoms with E-state index in [9.17, 15) is 22.8 Å². The summed E-state index contributed by atoms with van der Waals surface area (Å²) in [6, 6.07) is 2.70. The molecule has 9 heteroatoms. The monoisotopic (exact) mass is 345 g/mol. The second-order valence-electron chi connectivity index (χ2n) is 5.49. The standard InChI is InChI=1S/C15H18F3N3O3/c1-8(22)20-11-4-2-9(15(16,17)18)6-12(11)21-14(23)13-5-3-10(7-19)24-13/h2,4,6,10,13H,3,5,7,19H2,1H3,(H,20,22)(H,21,23)/t10-,13+/m1/s1. The van der Waals surface area contributed by atoms with E-state index >= 15 is 0 Å². The summed E-state index contributed by atoms with van der Waals surface area (Å²) in [5.74, 6) is -1.04. The molecule has 1 aromatic carbocycles. The highest BCUT2D eigenvalue weighted by Gasteiger charge is 2.33. The fourth-order valence-electron chi connectivity index (χ4n) is 2.41. The van der Waals surface area contributed by atoms with Crippen LogP contribution in [0.15, 0.2) is 18.2 Å². The molecule has 1 saturated heterocycles. The van der Waals surface area contributed by atoms with Gasteiger partial charge in [-0.25, -0.2) is 0 Å². The molecule has 1 aliphatic heterocycles. The Morgan fingerprint density at radius 2 is 1.96 bits per heavy atom. The summed E-state index contributed by atoms with van der Waals surface area (Å²) in [6.07, 6.45) is -4.55. The molecule has 0 aliphatic carbocycles. The highest BCUT2D eigenvalue weighted by Crippen LogP contribution is 2.34. The van der Waals surface area contributed by atoms with Crippen molar-refractivity contribution in [1.82, 2.24) is 0 Å². The molecular formula is C15H18F3N3O3. The normalized spacial score (nSPS) is 20.7. The number of halogens is 3. The van der Waals surface area contributed by atoms with Crippen molar-refractivity contribution in [3.63, 3.8) is 0 Å². The first kappa shape index (κ1) is 18.2. The van der Waals surface area contributed by atoms with Crippen LogP contribution in [0.5, 0.6) is 0 Å². The van der Waals surface area contributed by atoms with Gasteiger partial charge in [0.2, 0.25) is 5.91 Å². The first-order valence-corrected chi connectivity index (χ1v) is 7.36. The number of rotatable bonds is 4. The number of alkyl halides is 3. The van der Waals surface area contributed by atoms with Crippen LogP contribution in [0.3, 0.4) is 0 Å². The van der Waals surface area contributed by atoms with Crippen molar-refractivity contribution in [1.29, 1.82) is 0 Å². The summed E-state index contributed by atoms with van der Waals surface area (Å²) < 4.78 is 44.0. The van der Waals surface area contributed by atoms with Gasteiger partial charge in [-0.3, -0.25) is 9.59 Å². The molecular weight excluding hydrogens is 327 g/mol. The van der Waals surface area contributed by atoms with E-state index in [1.165, 1.54) is 6.92 Å². The molecule has 4 N–H and O–H groups in total. The Hall–Kier alpha value is -2.13. The zero-order valence-corrected chi connectivity index (χ0v) is 12.9. The van der Waals surface area contributed by atoms with Crippen LogP contribution >= 0.6 is 0 Å². The Morgan fingerprint density at radius 1 is 1.25 bits per heavy atom. The number of anilines is 2. The van der Waals surface area contributed by atoms with Crippen LogP contribution < -0.4 is 16.4 Å². The van der Waals surface area contributed by atoms with E-state index in [-0.39, 0.29) is 24.0 Å². The van der Waals surface area contributed by atoms with E-state index in [2.05, 4.69) is 10.6 Å². The summed E-state index contributed by atoms with van der Waals surface area (Å²) in [4.78, 5) is 23.4. The van der Waals surface area contributed by atoms with Crippen molar-refractivity contribution in [2.24, 2.45) is 5.73 Å². The molecule has 2 amide bonds. The first-order valence-electron chi connectivity index (χ1n) is 7.36. The highest BCUT2D eigenvalue weighted by atomic mass is 19.4. The fourth-order valence-corrected chi connectivity index (χ4v) is 2.41. The maximum absolute atomic E-state index is 12.9. The Morgan fingerprint density at radius 3 is 2.50 bits per heavy atom. The van der Waals surface area contributed by atoms with Gasteiger partial charge >= 0.3 is 6.18 Å². The van der Waals surface area contributed by atoms with Crippen LogP contribution in [-0.4, -0.2) is 30.6 Å². The predicted molar refractivity (Wildman–Crippen MR) is 81.3 cm³/mol. The van der Waals surface area contributed by atoms with E-state index in [0.29, 0.717) is 12.8 Å². The van der Waals surface area contributed by atoms with Gasteiger partial charge in [-0.05, 0) is 31.0 Å². The largest absolute Gasteiger partial charge is 0.416 e. The van der Waals surface area contributed by atoms with Crippen LogP contribution in [0.4, 0.5) is 24.5 Å². The molecule has 0 spiro atoms. The molecule has 2 atom stereocenters. The molecule has 1 aromatic rings. The van der Waals surface area contributed by atoms with Crippen LogP contribution in [0.2, 0.25) is 0 Å². The molecule has 132 valence electrons. The first-order chi connectivity index (χ1) is 11.2. The maximum Gasteiger partial charge on any atom is 0.416 e. The minimum Gasteiger partial charge on any atom is -0.364 e. The van der Waals surface area contributed by atoms with Gasteiger partial charge in [-0.1, -0.05) is 0 Å². The number of carbonyl (C=O) groups is 2. The van der Waals surface area contributed by atoms with Gasteiger partial charge in [0, 0.05) is 13.5 Å². The molecule has 1 heterocycles. The minimum atomic E-state index is -4.57. The number of carbonyl (C=O) groups excluding carboxylic acids is 2. The maximum atomic E-state index is 12.9. The fraction of sp³-hybridized carbons (Fsp3) is 0.467. The van der Waals surface area contributed by atoms with Crippen LogP contribution in [0.25, 0.3) is 0 Å². The zero-order chi connectivity index (χ0) is 17.9. The van der Waals surface area contributed by atoms with Gasteiger partial charge in [-0.2, -0.15) is 13.2 Å². The number of benzene rings is 1. The van der Waals surface area contributed by atoms with E-state index in [1.807, 2.05) is 0 Å². The van der Waals surface area contributed by atoms with Gasteiger partial charge < -0.3 is 21.1 Å². The van der Waals surface area contributed by atoms with E-state index in [0.717, 1.165) is 18.2 Å². The number of hydrogen-bond donors (Lipinski definition) is 3. The molecule has 6 nitrogen and oxygen atoms in total. The lowest BCUT2D eigenvalue weighted by Gasteiger charge is -2.17. The van der Waals surface area contributed by atoms with Crippen molar-refractivity contribution in [2.45, 2.75) is 38.1 Å². The summed E-state index contributed by atoms with van der Waals surface area (Å²) in [7, 11) is 0. The van der Waals surface area contributed by atoms with E-state index < -0.39 is 29.7 Å². The lowest BCUT2D eigenvalue weighted by Crippen LogP contribution is -2.30. The number of nitrogens with one attached hydrogen (secondary N) is 2. The molecule has 0 radical (unpaired) electrons. The summed E-state index contributed by atoms with van der Waals surface area (Å²) in [5.41, 5.74) is 4.48. The lowest BCUT2D eigenvalue weighted by molar-refractivity contribution is -0.137. The third-order valence-electron chi connectivity index (χ3n) is 3.58. The number of hydrogen-bond acceptors (Lipinski definition) is 4. The molecule has 1 aliphatic rings. The summed E-state index contributed by atoms with van der Waals surface area (Å²) >= 11 is 0. The van der Waals surface area contributed by atoms with Crippen molar-refractivity contribution in [2.75, 3.05) is 17.2 Å². The van der Waals surface area contributed by atoms with E-state index in [1.54, 1.807) is 0 Å². The molecule has 24 heavy (non-hydrogen) atoms. The smallest absolute Gasteiger partial charge is 0.364 e. The minimum absolute atomic E-state index is 0.0808. The van der Waals surface area contributed by atoms with Gasteiger partial charge in [0.1, 0.15) is 6.10 Å². The van der Waals surface area contributed by atoms with Gasteiger partial charge in [0.15, 0.2) is 0 Å². The summed E-state index contributed by atoms with van der Waals surface area (Å²) in [5, 5.41) is 4.78. The van der Waals surface area contributed by atoms with Gasteiger partial charge in [0.05, 0.1) is 23.0 Å². The SMILES string of the molecule is CC(=O)Nc1ccc(C(F)(F)F)cc1NC(=O)[C@@H]1CC[C@H](CN)O1. The third-order valence-corrected chi connectivity index (χ3v) is 3.58. The highest BCUT2D eigenvalue weighted by molar-refractivity contribution is 6.00. The topological polar surface area (TPSA) is 93.5 Å².